The Kier molecular flexibility index (Phi) is 11.6. The lowest BCUT2D eigenvalue weighted by molar-refractivity contribution is 0.0744. The fraction of sp³-hybridized carbons (Fsp3) is 0.632. The Morgan fingerprint density at radius 2 is 1.89 bits per heavy atom. The molecule has 0 bridgehead atoms. The summed E-state index contributed by atoms with van der Waals surface area (Å²) in [5.41, 5.74) is 0. The van der Waals surface area contributed by atoms with Crippen molar-refractivity contribution >= 4 is 29.9 Å². The summed E-state index contributed by atoms with van der Waals surface area (Å²) in [7, 11) is 0. The summed E-state index contributed by atoms with van der Waals surface area (Å²) in [6.07, 6.45) is -0.841. The number of halogens is 4. The number of guanidine groups is 1. The van der Waals surface area contributed by atoms with Crippen LogP contribution in [0, 0.1) is 5.82 Å². The van der Waals surface area contributed by atoms with E-state index in [2.05, 4.69) is 15.6 Å². The zero-order chi connectivity index (χ0) is 19.6. The number of rotatable bonds is 8. The summed E-state index contributed by atoms with van der Waals surface area (Å²) in [6.45, 7) is 6.22. The summed E-state index contributed by atoms with van der Waals surface area (Å²) in [4.78, 5) is 6.35. The van der Waals surface area contributed by atoms with Crippen LogP contribution in [0.1, 0.15) is 26.7 Å². The Morgan fingerprint density at radius 1 is 1.25 bits per heavy atom. The van der Waals surface area contributed by atoms with Crippen LogP contribution < -0.4 is 15.4 Å². The van der Waals surface area contributed by atoms with E-state index in [1.807, 2.05) is 13.8 Å². The molecule has 0 saturated carbocycles. The van der Waals surface area contributed by atoms with Crippen molar-refractivity contribution in [3.05, 3.63) is 30.1 Å². The van der Waals surface area contributed by atoms with E-state index in [0.29, 0.717) is 31.3 Å². The molecule has 1 aliphatic heterocycles. The molecule has 1 fully saturated rings. The van der Waals surface area contributed by atoms with E-state index in [1.54, 1.807) is 17.0 Å². The van der Waals surface area contributed by atoms with Crippen LogP contribution in [-0.2, 0) is 0 Å². The van der Waals surface area contributed by atoms with Gasteiger partial charge in [-0.3, -0.25) is 4.90 Å². The predicted octanol–water partition coefficient (Wildman–Crippen LogP) is 3.50. The number of hydrogen-bond acceptors (Lipinski definition) is 3. The Labute approximate surface area is 182 Å². The number of nitrogens with zero attached hydrogens (tertiary/aromatic N) is 2. The lowest BCUT2D eigenvalue weighted by Gasteiger charge is -2.32. The molecular weight excluding hydrogens is 484 g/mol. The second-order valence-electron chi connectivity index (χ2n) is 6.71. The topological polar surface area (TPSA) is 48.9 Å². The highest BCUT2D eigenvalue weighted by Gasteiger charge is 2.22. The molecule has 0 amide bonds. The van der Waals surface area contributed by atoms with E-state index in [1.165, 1.54) is 12.1 Å². The van der Waals surface area contributed by atoms with Gasteiger partial charge in [0.05, 0.1) is 13.1 Å². The Bertz CT molecular complexity index is 581. The molecule has 0 spiro atoms. The number of hydrogen-bond donors (Lipinski definition) is 2. The molecule has 0 aromatic heterocycles. The highest BCUT2D eigenvalue weighted by Crippen LogP contribution is 2.14. The maximum Gasteiger partial charge on any atom is 0.251 e. The van der Waals surface area contributed by atoms with Gasteiger partial charge >= 0.3 is 0 Å². The van der Waals surface area contributed by atoms with E-state index >= 15 is 0 Å². The van der Waals surface area contributed by atoms with Crippen molar-refractivity contribution in [2.45, 2.75) is 45.3 Å². The first-order valence-electron chi connectivity index (χ1n) is 9.43. The summed E-state index contributed by atoms with van der Waals surface area (Å²) in [5.74, 6) is 0.995. The molecule has 1 aromatic carbocycles. The third kappa shape index (κ3) is 9.31. The van der Waals surface area contributed by atoms with Crippen molar-refractivity contribution in [2.24, 2.45) is 4.99 Å². The largest absolute Gasteiger partial charge is 0.489 e. The van der Waals surface area contributed by atoms with Gasteiger partial charge in [0.15, 0.2) is 5.96 Å². The lowest BCUT2D eigenvalue weighted by Crippen LogP contribution is -2.49. The van der Waals surface area contributed by atoms with Crippen molar-refractivity contribution in [1.29, 1.82) is 0 Å². The summed E-state index contributed by atoms with van der Waals surface area (Å²) in [5, 5.41) is 6.58. The molecule has 1 heterocycles. The molecule has 1 aromatic rings. The van der Waals surface area contributed by atoms with Crippen molar-refractivity contribution < 1.29 is 17.9 Å². The molecule has 0 aliphatic carbocycles. The number of ether oxygens (including phenoxy) is 1. The molecule has 1 unspecified atom stereocenters. The van der Waals surface area contributed by atoms with E-state index in [0.717, 1.165) is 19.4 Å². The first-order chi connectivity index (χ1) is 13.0. The normalized spacial score (nSPS) is 17.1. The van der Waals surface area contributed by atoms with Crippen LogP contribution in [-0.4, -0.2) is 62.2 Å². The maximum atomic E-state index is 12.9. The molecule has 2 rings (SSSR count). The van der Waals surface area contributed by atoms with Crippen molar-refractivity contribution in [3.63, 3.8) is 0 Å². The minimum atomic E-state index is -2.28. The molecule has 1 aliphatic rings. The fourth-order valence-corrected chi connectivity index (χ4v) is 2.97. The first kappa shape index (κ1) is 24.8. The van der Waals surface area contributed by atoms with Gasteiger partial charge < -0.3 is 15.4 Å². The van der Waals surface area contributed by atoms with E-state index in [4.69, 9.17) is 4.74 Å². The number of aliphatic imine (C=N–C) groups is 1. The predicted molar refractivity (Wildman–Crippen MR) is 116 cm³/mol. The summed E-state index contributed by atoms with van der Waals surface area (Å²) in [6, 6.07) is 6.11. The third-order valence-corrected chi connectivity index (χ3v) is 4.33. The third-order valence-electron chi connectivity index (χ3n) is 4.33. The fourth-order valence-electron chi connectivity index (χ4n) is 2.97. The monoisotopic (exact) mass is 514 g/mol. The lowest BCUT2D eigenvalue weighted by atomic mass is 10.1. The molecule has 2 N–H and O–H groups in total. The van der Waals surface area contributed by atoms with Gasteiger partial charge in [-0.1, -0.05) is 0 Å². The number of nitrogens with one attached hydrogen (secondary N) is 2. The molecule has 28 heavy (non-hydrogen) atoms. The maximum absolute atomic E-state index is 12.9. The number of alkyl halides is 2. The highest BCUT2D eigenvalue weighted by atomic mass is 127. The van der Waals surface area contributed by atoms with Gasteiger partial charge in [-0.2, -0.15) is 0 Å². The van der Waals surface area contributed by atoms with Gasteiger partial charge in [0, 0.05) is 25.7 Å². The average Bonchev–Trinajstić information content (AvgIpc) is 2.63. The molecule has 160 valence electrons. The molecule has 0 radical (unpaired) electrons. The van der Waals surface area contributed by atoms with Crippen LogP contribution in [0.2, 0.25) is 0 Å². The number of likely N-dealkylation sites (tertiary alicyclic amines) is 1. The van der Waals surface area contributed by atoms with Gasteiger partial charge in [-0.15, -0.1) is 24.0 Å². The average molecular weight is 514 g/mol. The van der Waals surface area contributed by atoms with Crippen molar-refractivity contribution in [3.8, 4) is 5.75 Å². The smallest absolute Gasteiger partial charge is 0.251 e. The highest BCUT2D eigenvalue weighted by molar-refractivity contribution is 14.0. The van der Waals surface area contributed by atoms with Crippen molar-refractivity contribution in [2.75, 3.05) is 32.7 Å². The zero-order valence-corrected chi connectivity index (χ0v) is 18.7. The molecule has 5 nitrogen and oxygen atoms in total. The zero-order valence-electron chi connectivity index (χ0n) is 16.3. The number of benzene rings is 1. The second-order valence-corrected chi connectivity index (χ2v) is 6.71. The second kappa shape index (κ2) is 13.1. The van der Waals surface area contributed by atoms with Gasteiger partial charge in [0.1, 0.15) is 17.7 Å². The van der Waals surface area contributed by atoms with Crippen molar-refractivity contribution in [1.82, 2.24) is 15.5 Å². The van der Waals surface area contributed by atoms with Crippen LogP contribution in [0.5, 0.6) is 5.75 Å². The molecule has 1 saturated heterocycles. The van der Waals surface area contributed by atoms with Crippen LogP contribution in [0.4, 0.5) is 13.2 Å². The Balaban J connectivity index is 0.00000392. The summed E-state index contributed by atoms with van der Waals surface area (Å²) < 4.78 is 43.6. The molecule has 9 heteroatoms. The van der Waals surface area contributed by atoms with Crippen LogP contribution in [0.15, 0.2) is 29.3 Å². The van der Waals surface area contributed by atoms with Gasteiger partial charge in [-0.25, -0.2) is 18.2 Å². The van der Waals surface area contributed by atoms with E-state index in [9.17, 15) is 13.2 Å². The van der Waals surface area contributed by atoms with Gasteiger partial charge in [-0.05, 0) is 51.0 Å². The SMILES string of the molecule is CCNC(=NCC(C)Oc1ccc(F)cc1)NC1CCN(CC(F)F)CC1.I. The minimum absolute atomic E-state index is 0. The van der Waals surface area contributed by atoms with Gasteiger partial charge in [0.25, 0.3) is 6.43 Å². The van der Waals surface area contributed by atoms with Crippen LogP contribution in [0.3, 0.4) is 0 Å². The Morgan fingerprint density at radius 3 is 2.46 bits per heavy atom. The Hall–Kier alpha value is -1.23. The standard InChI is InChI=1S/C19H29F3N4O.HI/c1-3-23-19(25-16-8-10-26(11-9-16)13-18(21)22)24-12-14(2)27-17-6-4-15(20)5-7-17;/h4-7,14,16,18H,3,8-13H2,1-2H3,(H2,23,24,25);1H. The van der Waals surface area contributed by atoms with E-state index < -0.39 is 6.43 Å². The minimum Gasteiger partial charge on any atom is -0.489 e. The van der Waals surface area contributed by atoms with Crippen LogP contribution in [0.25, 0.3) is 0 Å². The van der Waals surface area contributed by atoms with Crippen LogP contribution >= 0.6 is 24.0 Å². The van der Waals surface area contributed by atoms with E-state index in [-0.39, 0.29) is 48.5 Å². The van der Waals surface area contributed by atoms with Gasteiger partial charge in [0.2, 0.25) is 0 Å². The first-order valence-corrected chi connectivity index (χ1v) is 9.43. The number of piperidine rings is 1. The quantitative estimate of drug-likeness (QED) is 0.317. The summed E-state index contributed by atoms with van der Waals surface area (Å²) >= 11 is 0. The molecular formula is C19H30F3IN4O. The molecule has 1 atom stereocenters.